The number of nitrogen functional groups attached to an aromatic ring is 1. The van der Waals surface area contributed by atoms with Crippen LogP contribution in [0.5, 0.6) is 0 Å². The van der Waals surface area contributed by atoms with Crippen molar-refractivity contribution < 1.29 is 4.74 Å². The zero-order valence-electron chi connectivity index (χ0n) is 11.1. The van der Waals surface area contributed by atoms with E-state index < -0.39 is 0 Å². The number of hydrogen-bond acceptors (Lipinski definition) is 5. The predicted octanol–water partition coefficient (Wildman–Crippen LogP) is 2.20. The quantitative estimate of drug-likeness (QED) is 0.633. The van der Waals surface area contributed by atoms with Gasteiger partial charge in [-0.25, -0.2) is 15.8 Å². The number of nitrogens with one attached hydrogen (secondary N) is 1. The van der Waals surface area contributed by atoms with Crippen LogP contribution in [0.3, 0.4) is 0 Å². The number of rotatable bonds is 4. The van der Waals surface area contributed by atoms with E-state index in [-0.39, 0.29) is 0 Å². The molecule has 0 spiro atoms. The summed E-state index contributed by atoms with van der Waals surface area (Å²) in [7, 11) is 1.67. The van der Waals surface area contributed by atoms with Crippen molar-refractivity contribution in [1.82, 2.24) is 9.97 Å². The molecule has 1 saturated carbocycles. The Bertz CT molecular complexity index is 397. The summed E-state index contributed by atoms with van der Waals surface area (Å²) >= 11 is 0. The summed E-state index contributed by atoms with van der Waals surface area (Å²) in [4.78, 5) is 9.09. The second-order valence-electron chi connectivity index (χ2n) is 5.15. The van der Waals surface area contributed by atoms with Crippen LogP contribution in [0.4, 0.5) is 5.82 Å². The molecule has 0 radical (unpaired) electrons. The molecule has 2 rings (SSSR count). The molecule has 0 amide bonds. The van der Waals surface area contributed by atoms with E-state index in [1.807, 2.05) is 6.07 Å². The van der Waals surface area contributed by atoms with Crippen molar-refractivity contribution in [1.29, 1.82) is 0 Å². The predicted molar refractivity (Wildman–Crippen MR) is 70.9 cm³/mol. The van der Waals surface area contributed by atoms with Gasteiger partial charge in [-0.2, -0.15) is 0 Å². The molecular formula is C13H22N4O. The van der Waals surface area contributed by atoms with Crippen LogP contribution in [0, 0.1) is 5.92 Å². The summed E-state index contributed by atoms with van der Waals surface area (Å²) < 4.78 is 5.13. The van der Waals surface area contributed by atoms with Crippen molar-refractivity contribution in [2.75, 3.05) is 12.5 Å². The van der Waals surface area contributed by atoms with Gasteiger partial charge in [0.2, 0.25) is 0 Å². The van der Waals surface area contributed by atoms with Crippen LogP contribution in [0.25, 0.3) is 0 Å². The smallest absolute Gasteiger partial charge is 0.144 e. The second-order valence-corrected chi connectivity index (χ2v) is 5.15. The molecular weight excluding hydrogens is 228 g/mol. The first kappa shape index (κ1) is 13.2. The lowest BCUT2D eigenvalue weighted by atomic mass is 9.82. The molecule has 1 fully saturated rings. The van der Waals surface area contributed by atoms with Gasteiger partial charge in [-0.1, -0.05) is 19.8 Å². The maximum absolute atomic E-state index is 5.46. The van der Waals surface area contributed by atoms with Crippen LogP contribution in [0.2, 0.25) is 0 Å². The Balaban J connectivity index is 2.22. The topological polar surface area (TPSA) is 73.1 Å². The number of anilines is 1. The van der Waals surface area contributed by atoms with E-state index >= 15 is 0 Å². The molecule has 1 heterocycles. The van der Waals surface area contributed by atoms with Gasteiger partial charge in [0.1, 0.15) is 11.6 Å². The summed E-state index contributed by atoms with van der Waals surface area (Å²) in [6.45, 7) is 2.79. The number of aromatic nitrogens is 2. The summed E-state index contributed by atoms with van der Waals surface area (Å²) in [5, 5.41) is 0. The minimum atomic E-state index is 0.456. The molecule has 2 atom stereocenters. The van der Waals surface area contributed by atoms with Crippen molar-refractivity contribution >= 4 is 5.82 Å². The molecule has 1 aromatic heterocycles. The number of hydrogen-bond donors (Lipinski definition) is 2. The van der Waals surface area contributed by atoms with Gasteiger partial charge in [-0.15, -0.1) is 0 Å². The first-order valence-electron chi connectivity index (χ1n) is 6.56. The van der Waals surface area contributed by atoms with Gasteiger partial charge in [0.25, 0.3) is 0 Å². The van der Waals surface area contributed by atoms with E-state index in [9.17, 15) is 0 Å². The zero-order valence-corrected chi connectivity index (χ0v) is 11.1. The molecule has 1 aliphatic carbocycles. The summed E-state index contributed by atoms with van der Waals surface area (Å²) in [6.07, 6.45) is 4.91. The van der Waals surface area contributed by atoms with Crippen molar-refractivity contribution in [3.63, 3.8) is 0 Å². The Kier molecular flexibility index (Phi) is 4.49. The number of hydrazine groups is 1. The first-order valence-corrected chi connectivity index (χ1v) is 6.56. The van der Waals surface area contributed by atoms with Gasteiger partial charge in [0, 0.05) is 19.1 Å². The first-order chi connectivity index (χ1) is 8.72. The molecule has 0 bridgehead atoms. The minimum absolute atomic E-state index is 0.456. The molecule has 2 unspecified atom stereocenters. The number of ether oxygens (including phenoxy) is 1. The van der Waals surface area contributed by atoms with E-state index in [1.165, 1.54) is 25.7 Å². The lowest BCUT2D eigenvalue weighted by Gasteiger charge is -2.26. The summed E-state index contributed by atoms with van der Waals surface area (Å²) in [6, 6.07) is 1.83. The maximum atomic E-state index is 5.46. The third-order valence-electron chi connectivity index (χ3n) is 3.54. The van der Waals surface area contributed by atoms with Gasteiger partial charge >= 0.3 is 0 Å². The number of methoxy groups -OCH3 is 1. The number of nitrogens with two attached hydrogens (primary N) is 1. The Morgan fingerprint density at radius 3 is 2.94 bits per heavy atom. The lowest BCUT2D eigenvalue weighted by Crippen LogP contribution is -2.17. The molecule has 0 saturated heterocycles. The van der Waals surface area contributed by atoms with Crippen LogP contribution in [-0.2, 0) is 11.3 Å². The van der Waals surface area contributed by atoms with Gasteiger partial charge in [0.15, 0.2) is 0 Å². The van der Waals surface area contributed by atoms with Crippen molar-refractivity contribution in [2.24, 2.45) is 11.8 Å². The van der Waals surface area contributed by atoms with E-state index in [2.05, 4.69) is 22.3 Å². The fourth-order valence-corrected chi connectivity index (χ4v) is 2.66. The molecule has 100 valence electrons. The molecule has 0 aliphatic heterocycles. The summed E-state index contributed by atoms with van der Waals surface area (Å²) in [5.41, 5.74) is 3.49. The van der Waals surface area contributed by atoms with Gasteiger partial charge in [-0.3, -0.25) is 0 Å². The SMILES string of the molecule is COCc1cc(NN)nc(C2CCCC(C)C2)n1. The van der Waals surface area contributed by atoms with E-state index in [4.69, 9.17) is 10.6 Å². The Morgan fingerprint density at radius 1 is 1.44 bits per heavy atom. The highest BCUT2D eigenvalue weighted by molar-refractivity contribution is 5.34. The largest absolute Gasteiger partial charge is 0.378 e. The zero-order chi connectivity index (χ0) is 13.0. The molecule has 18 heavy (non-hydrogen) atoms. The molecule has 3 N–H and O–H groups in total. The maximum Gasteiger partial charge on any atom is 0.144 e. The Labute approximate surface area is 108 Å². The van der Waals surface area contributed by atoms with Crippen LogP contribution in [0.15, 0.2) is 6.07 Å². The lowest BCUT2D eigenvalue weighted by molar-refractivity contribution is 0.181. The van der Waals surface area contributed by atoms with Crippen LogP contribution in [-0.4, -0.2) is 17.1 Å². The van der Waals surface area contributed by atoms with Crippen molar-refractivity contribution in [3.8, 4) is 0 Å². The average Bonchev–Trinajstić information content (AvgIpc) is 2.39. The average molecular weight is 250 g/mol. The van der Waals surface area contributed by atoms with E-state index in [0.29, 0.717) is 18.3 Å². The molecule has 5 heteroatoms. The fraction of sp³-hybridized carbons (Fsp3) is 0.692. The summed E-state index contributed by atoms with van der Waals surface area (Å²) in [5.74, 6) is 8.25. The highest BCUT2D eigenvalue weighted by Gasteiger charge is 2.23. The molecule has 5 nitrogen and oxygen atoms in total. The van der Waals surface area contributed by atoms with Gasteiger partial charge in [-0.05, 0) is 18.8 Å². The van der Waals surface area contributed by atoms with Crippen LogP contribution >= 0.6 is 0 Å². The molecule has 1 aromatic rings. The third kappa shape index (κ3) is 3.17. The van der Waals surface area contributed by atoms with Gasteiger partial charge in [0.05, 0.1) is 12.3 Å². The van der Waals surface area contributed by atoms with Crippen LogP contribution < -0.4 is 11.3 Å². The van der Waals surface area contributed by atoms with Crippen LogP contribution in [0.1, 0.15) is 50.0 Å². The second kappa shape index (κ2) is 6.11. The van der Waals surface area contributed by atoms with E-state index in [1.54, 1.807) is 7.11 Å². The minimum Gasteiger partial charge on any atom is -0.378 e. The molecule has 0 aromatic carbocycles. The van der Waals surface area contributed by atoms with Crippen molar-refractivity contribution in [3.05, 3.63) is 17.6 Å². The fourth-order valence-electron chi connectivity index (χ4n) is 2.66. The Morgan fingerprint density at radius 2 is 2.28 bits per heavy atom. The normalized spacial score (nSPS) is 23.9. The van der Waals surface area contributed by atoms with Crippen molar-refractivity contribution in [2.45, 2.75) is 45.1 Å². The van der Waals surface area contributed by atoms with E-state index in [0.717, 1.165) is 17.4 Å². The molecule has 1 aliphatic rings. The highest BCUT2D eigenvalue weighted by Crippen LogP contribution is 2.34. The monoisotopic (exact) mass is 250 g/mol. The third-order valence-corrected chi connectivity index (χ3v) is 3.54. The highest BCUT2D eigenvalue weighted by atomic mass is 16.5. The number of nitrogens with zero attached hydrogens (tertiary/aromatic N) is 2. The standard InChI is InChI=1S/C13H22N4O/c1-9-4-3-5-10(6-9)13-15-11(8-18-2)7-12(16-13)17-14/h7,9-10H,3-6,8,14H2,1-2H3,(H,15,16,17). The Hall–Kier alpha value is -1.20. The van der Waals surface area contributed by atoms with Gasteiger partial charge < -0.3 is 10.2 Å².